The Morgan fingerprint density at radius 1 is 1.15 bits per heavy atom. The molecule has 210 valence electrons. The standard InChI is InChI=1S/C26H22N6O7S2/c27-26-28-18(14-41-26)20(30-39-13-15-4-2-1-3-5-15)22(33)29-21-23(34)31-19(10-11-40-24(21)31)25(35)38-12-16-6-8-17(9-7-16)32(36)37/h1-10,14,21,24H,11-13H2,(H2,27,28)(H,29,33)/t21?,24-/m0/s1. The summed E-state index contributed by atoms with van der Waals surface area (Å²) in [7, 11) is 0. The molecule has 3 N–H and O–H groups in total. The molecule has 1 unspecified atom stereocenters. The Kier molecular flexibility index (Phi) is 8.26. The number of benzene rings is 2. The van der Waals surface area contributed by atoms with Crippen LogP contribution in [0.4, 0.5) is 10.8 Å². The quantitative estimate of drug-likeness (QED) is 0.116. The third-order valence-electron chi connectivity index (χ3n) is 6.07. The minimum atomic E-state index is -0.922. The zero-order chi connectivity index (χ0) is 28.9. The van der Waals surface area contributed by atoms with Gasteiger partial charge in [0.05, 0.1) is 4.92 Å². The van der Waals surface area contributed by atoms with Gasteiger partial charge in [0, 0.05) is 23.3 Å². The van der Waals surface area contributed by atoms with Crippen molar-refractivity contribution >= 4 is 57.4 Å². The number of carbonyl (C=O) groups is 3. The molecule has 0 aliphatic carbocycles. The second-order valence-electron chi connectivity index (χ2n) is 8.74. The van der Waals surface area contributed by atoms with E-state index in [-0.39, 0.29) is 41.1 Å². The third kappa shape index (κ3) is 6.20. The van der Waals surface area contributed by atoms with E-state index in [4.69, 9.17) is 15.3 Å². The molecule has 1 aromatic heterocycles. The minimum Gasteiger partial charge on any atom is -0.456 e. The van der Waals surface area contributed by atoms with E-state index in [1.54, 1.807) is 11.5 Å². The van der Waals surface area contributed by atoms with Gasteiger partial charge < -0.3 is 20.6 Å². The van der Waals surface area contributed by atoms with Gasteiger partial charge in [-0.3, -0.25) is 24.6 Å². The van der Waals surface area contributed by atoms with Crippen LogP contribution in [0.2, 0.25) is 0 Å². The minimum absolute atomic E-state index is 0.0681. The van der Waals surface area contributed by atoms with Crippen LogP contribution in [-0.2, 0) is 37.2 Å². The molecule has 1 fully saturated rings. The van der Waals surface area contributed by atoms with Crippen molar-refractivity contribution in [2.75, 3.05) is 11.5 Å². The number of nitrogens with one attached hydrogen (secondary N) is 1. The van der Waals surface area contributed by atoms with Gasteiger partial charge in [-0.15, -0.1) is 23.1 Å². The van der Waals surface area contributed by atoms with Crippen LogP contribution in [0, 0.1) is 10.1 Å². The van der Waals surface area contributed by atoms with Gasteiger partial charge in [0.25, 0.3) is 17.5 Å². The number of nitrogens with zero attached hydrogens (tertiary/aromatic N) is 4. The number of amides is 2. The molecule has 2 aliphatic heterocycles. The zero-order valence-corrected chi connectivity index (χ0v) is 22.8. The number of nitro groups is 1. The largest absolute Gasteiger partial charge is 0.456 e. The first-order valence-corrected chi connectivity index (χ1v) is 14.1. The molecule has 0 radical (unpaired) electrons. The third-order valence-corrected chi connectivity index (χ3v) is 7.93. The molecule has 3 heterocycles. The van der Waals surface area contributed by atoms with Crippen molar-refractivity contribution in [2.24, 2.45) is 5.16 Å². The van der Waals surface area contributed by atoms with Gasteiger partial charge in [-0.05, 0) is 29.3 Å². The number of nitrogen functional groups attached to an aromatic ring is 1. The fraction of sp³-hybridized carbons (Fsp3) is 0.192. The van der Waals surface area contributed by atoms with Gasteiger partial charge in [0.1, 0.15) is 36.0 Å². The first-order chi connectivity index (χ1) is 19.8. The lowest BCUT2D eigenvalue weighted by Gasteiger charge is -2.48. The lowest BCUT2D eigenvalue weighted by molar-refractivity contribution is -0.384. The van der Waals surface area contributed by atoms with E-state index < -0.39 is 34.1 Å². The fourth-order valence-electron chi connectivity index (χ4n) is 4.02. The number of anilines is 1. The number of aromatic nitrogens is 1. The maximum atomic E-state index is 13.2. The zero-order valence-electron chi connectivity index (χ0n) is 21.2. The monoisotopic (exact) mass is 594 g/mol. The summed E-state index contributed by atoms with van der Waals surface area (Å²) in [5.41, 5.74) is 7.19. The highest BCUT2D eigenvalue weighted by atomic mass is 32.2. The topological polar surface area (TPSA) is 179 Å². The Hall–Kier alpha value is -4.76. The summed E-state index contributed by atoms with van der Waals surface area (Å²) in [5, 5.41) is 18.8. The van der Waals surface area contributed by atoms with Crippen molar-refractivity contribution in [3.63, 3.8) is 0 Å². The second-order valence-corrected chi connectivity index (χ2v) is 10.8. The van der Waals surface area contributed by atoms with E-state index in [0.717, 1.165) is 16.9 Å². The van der Waals surface area contributed by atoms with Gasteiger partial charge in [0.15, 0.2) is 10.8 Å². The molecule has 5 rings (SSSR count). The van der Waals surface area contributed by atoms with Crippen molar-refractivity contribution in [3.8, 4) is 0 Å². The number of ether oxygens (including phenoxy) is 1. The molecule has 1 saturated heterocycles. The van der Waals surface area contributed by atoms with Crippen molar-refractivity contribution < 1.29 is 28.9 Å². The number of fused-ring (bicyclic) bond motifs is 1. The van der Waals surface area contributed by atoms with E-state index in [1.165, 1.54) is 40.9 Å². The molecule has 13 nitrogen and oxygen atoms in total. The number of carbonyl (C=O) groups excluding carboxylic acids is 3. The Balaban J connectivity index is 1.22. The van der Waals surface area contributed by atoms with E-state index in [9.17, 15) is 24.5 Å². The van der Waals surface area contributed by atoms with Crippen molar-refractivity contribution in [1.82, 2.24) is 15.2 Å². The number of rotatable bonds is 10. The number of hydrogen-bond acceptors (Lipinski definition) is 12. The molecule has 2 aromatic carbocycles. The molecule has 15 heteroatoms. The maximum absolute atomic E-state index is 13.2. The average molecular weight is 595 g/mol. The van der Waals surface area contributed by atoms with Gasteiger partial charge in [-0.25, -0.2) is 9.78 Å². The van der Waals surface area contributed by atoms with E-state index in [2.05, 4.69) is 15.5 Å². The number of nitrogens with two attached hydrogens (primary N) is 1. The molecular formula is C26H22N6O7S2. The summed E-state index contributed by atoms with van der Waals surface area (Å²) >= 11 is 2.50. The van der Waals surface area contributed by atoms with Crippen LogP contribution < -0.4 is 11.1 Å². The summed E-state index contributed by atoms with van der Waals surface area (Å²) in [6.07, 6.45) is 1.58. The highest BCUT2D eigenvalue weighted by Gasteiger charge is 2.53. The first-order valence-electron chi connectivity index (χ1n) is 12.1. The number of hydrogen-bond donors (Lipinski definition) is 2. The first kappa shape index (κ1) is 27.8. The van der Waals surface area contributed by atoms with Crippen molar-refractivity contribution in [3.05, 3.63) is 98.7 Å². The Morgan fingerprint density at radius 3 is 2.56 bits per heavy atom. The Bertz CT molecular complexity index is 1540. The number of thiazole rings is 1. The number of nitro benzene ring substituents is 1. The van der Waals surface area contributed by atoms with E-state index in [0.29, 0.717) is 11.3 Å². The van der Waals surface area contributed by atoms with Crippen LogP contribution in [0.1, 0.15) is 16.8 Å². The van der Waals surface area contributed by atoms with Crippen LogP contribution in [0.3, 0.4) is 0 Å². The van der Waals surface area contributed by atoms with E-state index >= 15 is 0 Å². The second kappa shape index (κ2) is 12.2. The van der Waals surface area contributed by atoms with Gasteiger partial charge in [0.2, 0.25) is 0 Å². The summed E-state index contributed by atoms with van der Waals surface area (Å²) in [4.78, 5) is 60.2. The normalized spacial score (nSPS) is 18.0. The lowest BCUT2D eigenvalue weighted by Crippen LogP contribution is -2.70. The molecule has 2 amide bonds. The summed E-state index contributed by atoms with van der Waals surface area (Å²) in [5.74, 6) is -1.48. The highest BCUT2D eigenvalue weighted by molar-refractivity contribution is 8.00. The van der Waals surface area contributed by atoms with Crippen LogP contribution in [0.15, 0.2) is 76.9 Å². The van der Waals surface area contributed by atoms with Gasteiger partial charge in [-0.1, -0.05) is 35.5 Å². The van der Waals surface area contributed by atoms with Crippen LogP contribution in [-0.4, -0.2) is 55.5 Å². The lowest BCUT2D eigenvalue weighted by atomic mass is 10.0. The average Bonchev–Trinajstić information content (AvgIpc) is 3.42. The number of β-lactam (4-membered cyclic amide) rings is 1. The summed E-state index contributed by atoms with van der Waals surface area (Å²) < 4.78 is 5.34. The molecule has 0 saturated carbocycles. The smallest absolute Gasteiger partial charge is 0.355 e. The molecule has 0 bridgehead atoms. The van der Waals surface area contributed by atoms with Crippen LogP contribution in [0.25, 0.3) is 0 Å². The number of non-ortho nitro benzene ring substituents is 1. The van der Waals surface area contributed by atoms with Gasteiger partial charge in [-0.2, -0.15) is 0 Å². The number of esters is 1. The maximum Gasteiger partial charge on any atom is 0.355 e. The molecule has 0 spiro atoms. The molecule has 3 aromatic rings. The van der Waals surface area contributed by atoms with Crippen LogP contribution in [0.5, 0.6) is 0 Å². The summed E-state index contributed by atoms with van der Waals surface area (Å²) in [6, 6.07) is 13.9. The number of oxime groups is 1. The van der Waals surface area contributed by atoms with Gasteiger partial charge >= 0.3 is 5.97 Å². The van der Waals surface area contributed by atoms with E-state index in [1.807, 2.05) is 30.3 Å². The Morgan fingerprint density at radius 2 is 1.88 bits per heavy atom. The molecule has 2 atom stereocenters. The van der Waals surface area contributed by atoms with Crippen LogP contribution >= 0.6 is 23.1 Å². The predicted molar refractivity (Wildman–Crippen MR) is 150 cm³/mol. The predicted octanol–water partition coefficient (Wildman–Crippen LogP) is 2.58. The fourth-order valence-corrected chi connectivity index (χ4v) is 5.76. The molecular weight excluding hydrogens is 572 g/mol. The molecule has 41 heavy (non-hydrogen) atoms. The molecule has 2 aliphatic rings. The Labute approximate surface area is 241 Å². The van der Waals surface area contributed by atoms with Crippen molar-refractivity contribution in [2.45, 2.75) is 24.6 Å². The number of thioether (sulfide) groups is 1. The van der Waals surface area contributed by atoms with Crippen molar-refractivity contribution in [1.29, 1.82) is 0 Å². The highest BCUT2D eigenvalue weighted by Crippen LogP contribution is 2.38. The SMILES string of the molecule is Nc1nc(C(=NOCc2ccccc2)C(=O)NC2C(=O)N3C(C(=O)OCc4ccc([N+](=O)[O-])cc4)=CCS[C@@H]23)cs1. The summed E-state index contributed by atoms with van der Waals surface area (Å²) in [6.45, 7) is -0.0181.